The fraction of sp³-hybridized carbons (Fsp3) is 0. The maximum absolute atomic E-state index is 2.48. The van der Waals surface area contributed by atoms with Gasteiger partial charge in [0, 0.05) is 0 Å². The second-order valence-corrected chi connectivity index (χ2v) is 13.5. The van der Waals surface area contributed by atoms with Gasteiger partial charge in [-0.3, -0.25) is 0 Å². The summed E-state index contributed by atoms with van der Waals surface area (Å²) in [5.41, 5.74) is 5.07. The normalized spacial score (nSPS) is 12.0. The van der Waals surface area contributed by atoms with Crippen molar-refractivity contribution in [3.8, 4) is 22.3 Å². The first-order valence-corrected chi connectivity index (χ1v) is 17.4. The lowest BCUT2D eigenvalue weighted by Gasteiger charge is -2.21. The summed E-state index contributed by atoms with van der Waals surface area (Å²) >= 11 is 0. The van der Waals surface area contributed by atoms with E-state index in [1.165, 1.54) is 108 Å². The van der Waals surface area contributed by atoms with E-state index in [-0.39, 0.29) is 0 Å². The fourth-order valence-electron chi connectivity index (χ4n) is 8.94. The Hall–Kier alpha value is -6.50. The Morgan fingerprint density at radius 3 is 1.16 bits per heavy atom. The van der Waals surface area contributed by atoms with Gasteiger partial charge in [-0.05, 0) is 114 Å². The Labute approximate surface area is 289 Å². The highest BCUT2D eigenvalue weighted by atomic mass is 14.2. The van der Waals surface area contributed by atoms with Gasteiger partial charge in [-0.15, -0.1) is 0 Å². The van der Waals surface area contributed by atoms with Crippen LogP contribution >= 0.6 is 0 Å². The Balaban J connectivity index is 1.35. The molecule has 0 aliphatic heterocycles. The molecule has 0 atom stereocenters. The zero-order chi connectivity index (χ0) is 32.8. The largest absolute Gasteiger partial charge is 0.0616 e. The van der Waals surface area contributed by atoms with E-state index >= 15 is 0 Å². The number of benzene rings is 11. The number of rotatable bonds is 2. The summed E-state index contributed by atoms with van der Waals surface area (Å²) in [6, 6.07) is 67.6. The molecule has 0 aromatic heterocycles. The van der Waals surface area contributed by atoms with Crippen LogP contribution in [0.5, 0.6) is 0 Å². The monoisotopic (exact) mass is 630 g/mol. The zero-order valence-electron chi connectivity index (χ0n) is 27.3. The van der Waals surface area contributed by atoms with Crippen molar-refractivity contribution < 1.29 is 0 Å². The van der Waals surface area contributed by atoms with Crippen LogP contribution in [0.2, 0.25) is 0 Å². The van der Waals surface area contributed by atoms with Crippen LogP contribution in [0, 0.1) is 0 Å². The molecule has 50 heavy (non-hydrogen) atoms. The molecule has 0 bridgehead atoms. The maximum atomic E-state index is 2.48. The third kappa shape index (κ3) is 3.76. The highest BCUT2D eigenvalue weighted by molar-refractivity contribution is 6.39. The van der Waals surface area contributed by atoms with Crippen LogP contribution in [-0.2, 0) is 0 Å². The highest BCUT2D eigenvalue weighted by Gasteiger charge is 2.21. The third-order valence-electron chi connectivity index (χ3n) is 11.0. The summed E-state index contributed by atoms with van der Waals surface area (Å²) in [6.07, 6.45) is 0. The number of hydrogen-bond acceptors (Lipinski definition) is 0. The molecule has 0 saturated carbocycles. The predicted octanol–water partition coefficient (Wildman–Crippen LogP) is 14.2. The van der Waals surface area contributed by atoms with Crippen molar-refractivity contribution >= 4 is 86.2 Å². The van der Waals surface area contributed by atoms with E-state index in [1.54, 1.807) is 0 Å². The Morgan fingerprint density at radius 1 is 0.220 bits per heavy atom. The first-order valence-electron chi connectivity index (χ1n) is 17.4. The molecule has 0 aliphatic carbocycles. The summed E-state index contributed by atoms with van der Waals surface area (Å²) in [5.74, 6) is 0. The third-order valence-corrected chi connectivity index (χ3v) is 11.0. The van der Waals surface area contributed by atoms with E-state index in [1.807, 2.05) is 0 Å². The van der Waals surface area contributed by atoms with Gasteiger partial charge in [-0.2, -0.15) is 0 Å². The van der Waals surface area contributed by atoms with Crippen molar-refractivity contribution in [3.05, 3.63) is 182 Å². The molecule has 0 fully saturated rings. The van der Waals surface area contributed by atoms with Crippen LogP contribution in [0.4, 0.5) is 0 Å². The molecule has 0 saturated heterocycles. The molecule has 0 nitrogen and oxygen atoms in total. The van der Waals surface area contributed by atoms with Crippen molar-refractivity contribution in [3.63, 3.8) is 0 Å². The molecule has 11 rings (SSSR count). The highest BCUT2D eigenvalue weighted by Crippen LogP contribution is 2.49. The van der Waals surface area contributed by atoms with Gasteiger partial charge in [0.15, 0.2) is 0 Å². The van der Waals surface area contributed by atoms with E-state index in [0.29, 0.717) is 0 Å². The molecule has 230 valence electrons. The lowest BCUT2D eigenvalue weighted by molar-refractivity contribution is 1.67. The lowest BCUT2D eigenvalue weighted by atomic mass is 9.82. The van der Waals surface area contributed by atoms with E-state index in [2.05, 4.69) is 182 Å². The van der Waals surface area contributed by atoms with Crippen molar-refractivity contribution in [1.29, 1.82) is 0 Å². The second kappa shape index (κ2) is 10.5. The summed E-state index contributed by atoms with van der Waals surface area (Å²) in [4.78, 5) is 0. The average Bonchev–Trinajstić information content (AvgIpc) is 3.20. The molecule has 0 heterocycles. The molecular formula is C50H30. The SMILES string of the molecule is c1ccc2c(-c3c(-c4ccc5c(c4)c4ccccc4c4c6ccccc6c6ccccc6c54)c4ccccc4c4ccccc34)cccc2c1. The quantitative estimate of drug-likeness (QED) is 0.167. The zero-order valence-corrected chi connectivity index (χ0v) is 27.3. The molecule has 0 unspecified atom stereocenters. The van der Waals surface area contributed by atoms with Crippen LogP contribution in [0.15, 0.2) is 182 Å². The van der Waals surface area contributed by atoms with Crippen LogP contribution in [0.25, 0.3) is 108 Å². The molecule has 0 amide bonds. The predicted molar refractivity (Wildman–Crippen MR) is 217 cm³/mol. The van der Waals surface area contributed by atoms with E-state index in [4.69, 9.17) is 0 Å². The summed E-state index contributed by atoms with van der Waals surface area (Å²) < 4.78 is 0. The minimum absolute atomic E-state index is 1.23. The minimum Gasteiger partial charge on any atom is -0.0616 e. The fourth-order valence-corrected chi connectivity index (χ4v) is 8.94. The number of fused-ring (bicyclic) bond motifs is 15. The summed E-state index contributed by atoms with van der Waals surface area (Å²) in [5, 5.41) is 20.7. The first kappa shape index (κ1) is 27.5. The molecule has 0 N–H and O–H groups in total. The molecular weight excluding hydrogens is 601 g/mol. The van der Waals surface area contributed by atoms with E-state index in [9.17, 15) is 0 Å². The van der Waals surface area contributed by atoms with Crippen LogP contribution in [0.3, 0.4) is 0 Å². The van der Waals surface area contributed by atoms with Crippen LogP contribution < -0.4 is 0 Å². The van der Waals surface area contributed by atoms with Gasteiger partial charge in [0.25, 0.3) is 0 Å². The number of hydrogen-bond donors (Lipinski definition) is 0. The molecule has 0 aliphatic rings. The van der Waals surface area contributed by atoms with Crippen molar-refractivity contribution in [2.75, 3.05) is 0 Å². The van der Waals surface area contributed by atoms with Crippen molar-refractivity contribution in [1.82, 2.24) is 0 Å². The Kier molecular flexibility index (Phi) is 5.76. The molecule has 11 aromatic carbocycles. The average molecular weight is 631 g/mol. The van der Waals surface area contributed by atoms with Gasteiger partial charge in [0.05, 0.1) is 0 Å². The first-order chi connectivity index (χ1) is 24.8. The van der Waals surface area contributed by atoms with Gasteiger partial charge < -0.3 is 0 Å². The van der Waals surface area contributed by atoms with Gasteiger partial charge in [0.1, 0.15) is 0 Å². The Morgan fingerprint density at radius 2 is 0.600 bits per heavy atom. The standard InChI is InChI=1S/C50H30/c1-2-16-33-31(14-1)15-13-27-39(33)48-41-23-9-4-18-35(41)34-17-3-8-22-40(34)47(48)32-28-29-45-46(30-32)38-21-7-12-26-44(38)49-42-24-10-5-19-36(42)37-20-6-11-25-43(37)50(45)49/h1-30H. The van der Waals surface area contributed by atoms with Gasteiger partial charge >= 0.3 is 0 Å². The molecule has 0 radical (unpaired) electrons. The van der Waals surface area contributed by atoms with Gasteiger partial charge in [-0.1, -0.05) is 176 Å². The molecule has 0 heteroatoms. The second-order valence-electron chi connectivity index (χ2n) is 13.5. The van der Waals surface area contributed by atoms with Crippen LogP contribution in [0.1, 0.15) is 0 Å². The van der Waals surface area contributed by atoms with Gasteiger partial charge in [-0.25, -0.2) is 0 Å². The smallest absolute Gasteiger partial charge is 0.00139 e. The van der Waals surface area contributed by atoms with Crippen molar-refractivity contribution in [2.45, 2.75) is 0 Å². The maximum Gasteiger partial charge on any atom is -0.00139 e. The van der Waals surface area contributed by atoms with Crippen molar-refractivity contribution in [2.24, 2.45) is 0 Å². The van der Waals surface area contributed by atoms with E-state index < -0.39 is 0 Å². The molecule has 0 spiro atoms. The topological polar surface area (TPSA) is 0 Å². The summed E-state index contributed by atoms with van der Waals surface area (Å²) in [7, 11) is 0. The lowest BCUT2D eigenvalue weighted by Crippen LogP contribution is -1.93. The minimum atomic E-state index is 1.23. The Bertz CT molecular complexity index is 3190. The van der Waals surface area contributed by atoms with Gasteiger partial charge in [0.2, 0.25) is 0 Å². The van der Waals surface area contributed by atoms with Crippen LogP contribution in [-0.4, -0.2) is 0 Å². The summed E-state index contributed by atoms with van der Waals surface area (Å²) in [6.45, 7) is 0. The molecule has 11 aromatic rings. The van der Waals surface area contributed by atoms with E-state index in [0.717, 1.165) is 0 Å².